The van der Waals surface area contributed by atoms with Crippen molar-refractivity contribution in [1.29, 1.82) is 0 Å². The number of thioether (sulfide) groups is 1. The number of carbonyl (C=O) groups is 1. The molecule has 2 rings (SSSR count). The van der Waals surface area contributed by atoms with E-state index < -0.39 is 6.09 Å². The Kier molecular flexibility index (Phi) is 3.98. The maximum Gasteiger partial charge on any atom is 0.413 e. The predicted molar refractivity (Wildman–Crippen MR) is 68.7 cm³/mol. The van der Waals surface area contributed by atoms with Crippen molar-refractivity contribution in [2.45, 2.75) is 18.5 Å². The lowest BCUT2D eigenvalue weighted by Crippen LogP contribution is -2.11. The van der Waals surface area contributed by atoms with Crippen LogP contribution in [-0.4, -0.2) is 38.9 Å². The Hall–Kier alpha value is -1.83. The van der Waals surface area contributed by atoms with Gasteiger partial charge in [-0.2, -0.15) is 4.98 Å². The van der Waals surface area contributed by atoms with E-state index in [1.165, 1.54) is 7.11 Å². The van der Waals surface area contributed by atoms with Crippen molar-refractivity contribution in [3.05, 3.63) is 6.20 Å². The Morgan fingerprint density at radius 1 is 1.56 bits per heavy atom. The molecule has 1 amide bonds. The third-order valence-electron chi connectivity index (χ3n) is 2.06. The first-order chi connectivity index (χ1) is 8.72. The summed E-state index contributed by atoms with van der Waals surface area (Å²) in [6.45, 7) is 2.10. The third kappa shape index (κ3) is 2.89. The fourth-order valence-corrected chi connectivity index (χ4v) is 1.93. The van der Waals surface area contributed by atoms with Crippen molar-refractivity contribution in [3.8, 4) is 0 Å². The molecule has 7 nitrogen and oxygen atoms in total. The zero-order valence-corrected chi connectivity index (χ0v) is 10.9. The number of anilines is 1. The van der Waals surface area contributed by atoms with Gasteiger partial charge >= 0.3 is 6.09 Å². The molecule has 2 aromatic rings. The zero-order chi connectivity index (χ0) is 13.0. The van der Waals surface area contributed by atoms with Gasteiger partial charge in [-0.05, 0) is 6.42 Å². The second kappa shape index (κ2) is 5.67. The molecule has 8 heteroatoms. The van der Waals surface area contributed by atoms with E-state index in [0.29, 0.717) is 22.3 Å². The van der Waals surface area contributed by atoms with Crippen LogP contribution < -0.4 is 5.32 Å². The number of hydrogen-bond donors (Lipinski definition) is 2. The molecule has 0 saturated carbocycles. The number of methoxy groups -OCH3 is 1. The average Bonchev–Trinajstić information content (AvgIpc) is 2.77. The van der Waals surface area contributed by atoms with Crippen LogP contribution in [0.3, 0.4) is 0 Å². The Morgan fingerprint density at radius 3 is 3.11 bits per heavy atom. The molecule has 0 aliphatic carbocycles. The van der Waals surface area contributed by atoms with E-state index in [9.17, 15) is 4.79 Å². The van der Waals surface area contributed by atoms with Gasteiger partial charge in [-0.1, -0.05) is 18.7 Å². The normalized spacial score (nSPS) is 10.6. The maximum atomic E-state index is 11.0. The lowest BCUT2D eigenvalue weighted by molar-refractivity contribution is 0.186. The number of imidazole rings is 1. The Morgan fingerprint density at radius 2 is 2.39 bits per heavy atom. The summed E-state index contributed by atoms with van der Waals surface area (Å²) in [5.41, 5.74) is 1.19. The summed E-state index contributed by atoms with van der Waals surface area (Å²) in [6.07, 6.45) is 2.12. The van der Waals surface area contributed by atoms with Crippen LogP contribution in [0.4, 0.5) is 10.7 Å². The molecular formula is C10H13N5O2S. The average molecular weight is 267 g/mol. The highest BCUT2D eigenvalue weighted by Gasteiger charge is 2.08. The van der Waals surface area contributed by atoms with E-state index in [1.807, 2.05) is 0 Å². The number of H-pyrrole nitrogens is 1. The van der Waals surface area contributed by atoms with Crippen molar-refractivity contribution < 1.29 is 9.53 Å². The molecular weight excluding hydrogens is 254 g/mol. The molecule has 18 heavy (non-hydrogen) atoms. The number of carbonyl (C=O) groups excluding carboxylic acids is 1. The van der Waals surface area contributed by atoms with Gasteiger partial charge in [-0.3, -0.25) is 5.32 Å². The SMILES string of the molecule is CCCSc1ncc2[nH]c(NC(=O)OC)nc2n1. The summed E-state index contributed by atoms with van der Waals surface area (Å²) in [7, 11) is 1.29. The first-order valence-electron chi connectivity index (χ1n) is 5.43. The van der Waals surface area contributed by atoms with Crippen LogP contribution >= 0.6 is 11.8 Å². The van der Waals surface area contributed by atoms with Gasteiger partial charge in [-0.15, -0.1) is 0 Å². The molecule has 0 spiro atoms. The summed E-state index contributed by atoms with van der Waals surface area (Å²) in [5, 5.41) is 3.12. The van der Waals surface area contributed by atoms with Gasteiger partial charge in [0.15, 0.2) is 10.8 Å². The molecule has 0 saturated heterocycles. The van der Waals surface area contributed by atoms with Crippen molar-refractivity contribution in [1.82, 2.24) is 19.9 Å². The van der Waals surface area contributed by atoms with E-state index in [1.54, 1.807) is 18.0 Å². The lowest BCUT2D eigenvalue weighted by atomic mass is 10.6. The first-order valence-corrected chi connectivity index (χ1v) is 6.42. The van der Waals surface area contributed by atoms with Crippen LogP contribution in [-0.2, 0) is 4.74 Å². The van der Waals surface area contributed by atoms with Gasteiger partial charge in [-0.25, -0.2) is 14.8 Å². The summed E-state index contributed by atoms with van der Waals surface area (Å²) in [4.78, 5) is 26.5. The molecule has 2 heterocycles. The van der Waals surface area contributed by atoms with Crippen molar-refractivity contribution in [3.63, 3.8) is 0 Å². The number of aromatic amines is 1. The molecule has 0 bridgehead atoms. The minimum atomic E-state index is -0.581. The summed E-state index contributed by atoms with van der Waals surface area (Å²) < 4.78 is 4.48. The zero-order valence-electron chi connectivity index (χ0n) is 10.1. The smallest absolute Gasteiger partial charge is 0.413 e. The summed E-state index contributed by atoms with van der Waals surface area (Å²) in [5.74, 6) is 1.26. The molecule has 2 N–H and O–H groups in total. The van der Waals surface area contributed by atoms with E-state index in [2.05, 4.69) is 36.9 Å². The van der Waals surface area contributed by atoms with Crippen LogP contribution in [0.5, 0.6) is 0 Å². The maximum absolute atomic E-state index is 11.0. The number of rotatable bonds is 4. The standard InChI is InChI=1S/C10H13N5O2S/c1-3-4-18-9-11-5-6-7(14-9)13-8(12-6)15-10(16)17-2/h5H,3-4H2,1-2H3,(H2,11,12,13,14,15,16). The monoisotopic (exact) mass is 267 g/mol. The number of fused-ring (bicyclic) bond motifs is 1. The van der Waals surface area contributed by atoms with Gasteiger partial charge in [0, 0.05) is 5.75 Å². The fraction of sp³-hybridized carbons (Fsp3) is 0.400. The van der Waals surface area contributed by atoms with Crippen LogP contribution in [0.1, 0.15) is 13.3 Å². The topological polar surface area (TPSA) is 92.8 Å². The molecule has 0 radical (unpaired) electrons. The predicted octanol–water partition coefficient (Wildman–Crippen LogP) is 2.03. The number of nitrogens with one attached hydrogen (secondary N) is 2. The van der Waals surface area contributed by atoms with E-state index in [0.717, 1.165) is 12.2 Å². The summed E-state index contributed by atoms with van der Waals surface area (Å²) >= 11 is 1.57. The highest BCUT2D eigenvalue weighted by Crippen LogP contribution is 2.17. The molecule has 2 aromatic heterocycles. The number of ether oxygens (including phenoxy) is 1. The molecule has 0 aromatic carbocycles. The number of nitrogens with zero attached hydrogens (tertiary/aromatic N) is 3. The third-order valence-corrected chi connectivity index (χ3v) is 3.13. The number of hydrogen-bond acceptors (Lipinski definition) is 6. The Bertz CT molecular complexity index is 556. The first kappa shape index (κ1) is 12.6. The van der Waals surface area contributed by atoms with Crippen LogP contribution in [0, 0.1) is 0 Å². The minimum Gasteiger partial charge on any atom is -0.453 e. The molecule has 0 aliphatic rings. The quantitative estimate of drug-likeness (QED) is 0.650. The number of aromatic nitrogens is 4. The fourth-order valence-electron chi connectivity index (χ4n) is 1.26. The molecule has 0 fully saturated rings. The van der Waals surface area contributed by atoms with Gasteiger partial charge in [0.2, 0.25) is 5.95 Å². The largest absolute Gasteiger partial charge is 0.453 e. The molecule has 0 atom stereocenters. The van der Waals surface area contributed by atoms with Gasteiger partial charge in [0.1, 0.15) is 5.52 Å². The second-order valence-electron chi connectivity index (χ2n) is 3.44. The Balaban J connectivity index is 2.19. The second-order valence-corrected chi connectivity index (χ2v) is 4.50. The van der Waals surface area contributed by atoms with Crippen LogP contribution in [0.15, 0.2) is 11.4 Å². The van der Waals surface area contributed by atoms with Crippen molar-refractivity contribution in [2.75, 3.05) is 18.2 Å². The number of amides is 1. The Labute approximate surface area is 108 Å². The van der Waals surface area contributed by atoms with Crippen molar-refractivity contribution in [2.24, 2.45) is 0 Å². The minimum absolute atomic E-state index is 0.295. The van der Waals surface area contributed by atoms with Gasteiger partial charge in [0.25, 0.3) is 0 Å². The van der Waals surface area contributed by atoms with E-state index in [-0.39, 0.29) is 0 Å². The highest BCUT2D eigenvalue weighted by molar-refractivity contribution is 7.99. The van der Waals surface area contributed by atoms with Crippen molar-refractivity contribution >= 4 is 35.0 Å². The van der Waals surface area contributed by atoms with E-state index >= 15 is 0 Å². The summed E-state index contributed by atoms with van der Waals surface area (Å²) in [6, 6.07) is 0. The van der Waals surface area contributed by atoms with E-state index in [4.69, 9.17) is 0 Å². The van der Waals surface area contributed by atoms with Crippen LogP contribution in [0.25, 0.3) is 11.2 Å². The molecule has 96 valence electrons. The molecule has 0 aliphatic heterocycles. The molecule has 0 unspecified atom stereocenters. The van der Waals surface area contributed by atoms with Gasteiger partial charge < -0.3 is 9.72 Å². The van der Waals surface area contributed by atoms with Crippen LogP contribution in [0.2, 0.25) is 0 Å². The van der Waals surface area contributed by atoms with Gasteiger partial charge in [0.05, 0.1) is 13.3 Å². The highest BCUT2D eigenvalue weighted by atomic mass is 32.2. The lowest BCUT2D eigenvalue weighted by Gasteiger charge is -1.96.